The van der Waals surface area contributed by atoms with Crippen LogP contribution >= 0.6 is 0 Å². The molecule has 0 aliphatic carbocycles. The molecule has 0 amide bonds. The van der Waals surface area contributed by atoms with Gasteiger partial charge < -0.3 is 20.4 Å². The first-order chi connectivity index (χ1) is 17.1. The van der Waals surface area contributed by atoms with Crippen LogP contribution in [0.1, 0.15) is 51.1 Å². The lowest BCUT2D eigenvalue weighted by molar-refractivity contribution is -0.143. The first kappa shape index (κ1) is 24.3. The Kier molecular flexibility index (Phi) is 8.33. The van der Waals surface area contributed by atoms with Crippen molar-refractivity contribution in [2.45, 2.75) is 45.6 Å². The number of carbonyl (C=O) groups is 1. The quantitative estimate of drug-likeness (QED) is 0.165. The third kappa shape index (κ3) is 6.59. The Morgan fingerprint density at radius 2 is 1.83 bits per heavy atom. The van der Waals surface area contributed by atoms with Crippen LogP contribution in [-0.4, -0.2) is 34.1 Å². The molecule has 7 heteroatoms. The van der Waals surface area contributed by atoms with E-state index in [0.29, 0.717) is 13.0 Å². The average Bonchev–Trinajstić information content (AvgIpc) is 3.33. The number of aromatic nitrogens is 3. The lowest BCUT2D eigenvalue weighted by atomic mass is 10.1. The number of rotatable bonds is 12. The van der Waals surface area contributed by atoms with Gasteiger partial charge in [0.1, 0.15) is 17.8 Å². The first-order valence-corrected chi connectivity index (χ1v) is 12.3. The van der Waals surface area contributed by atoms with E-state index in [4.69, 9.17) is 4.74 Å². The molecule has 0 saturated carbocycles. The van der Waals surface area contributed by atoms with E-state index in [2.05, 4.69) is 75.0 Å². The number of hydrogen-bond acceptors (Lipinski definition) is 6. The Balaban J connectivity index is 1.34. The molecule has 2 aromatic heterocycles. The number of carbonyl (C=O) groups excluding carboxylic acids is 1. The summed E-state index contributed by atoms with van der Waals surface area (Å²) in [4.78, 5) is 23.7. The maximum absolute atomic E-state index is 11.4. The number of fused-ring (bicyclic) bond motifs is 1. The Hall–Kier alpha value is -3.87. The van der Waals surface area contributed by atoms with E-state index < -0.39 is 0 Å². The predicted molar refractivity (Wildman–Crippen MR) is 141 cm³/mol. The maximum atomic E-state index is 11.4. The SMILES string of the molecule is CCOC(=O)CCCCCNc1ccc(-c2cc3c(NC(C)c4ccccc4)ncnc3[nH]2)cc1. The molecule has 1 atom stereocenters. The van der Waals surface area contributed by atoms with Gasteiger partial charge in [0, 0.05) is 30.4 Å². The first-order valence-electron chi connectivity index (χ1n) is 12.3. The summed E-state index contributed by atoms with van der Waals surface area (Å²) in [5.41, 5.74) is 5.18. The van der Waals surface area contributed by atoms with Crippen LogP contribution in [-0.2, 0) is 9.53 Å². The molecule has 0 saturated heterocycles. The molecule has 0 aliphatic rings. The van der Waals surface area contributed by atoms with Crippen LogP contribution in [0, 0.1) is 0 Å². The van der Waals surface area contributed by atoms with Crippen molar-refractivity contribution in [3.8, 4) is 11.3 Å². The number of hydrogen-bond donors (Lipinski definition) is 3. The maximum Gasteiger partial charge on any atom is 0.305 e. The highest BCUT2D eigenvalue weighted by atomic mass is 16.5. The van der Waals surface area contributed by atoms with Gasteiger partial charge in [0.2, 0.25) is 0 Å². The van der Waals surface area contributed by atoms with Crippen LogP contribution in [0.5, 0.6) is 0 Å². The molecule has 4 rings (SSSR count). The van der Waals surface area contributed by atoms with Gasteiger partial charge in [0.25, 0.3) is 0 Å². The van der Waals surface area contributed by atoms with Crippen molar-refractivity contribution in [2.75, 3.05) is 23.8 Å². The molecule has 0 fully saturated rings. The molecule has 2 heterocycles. The van der Waals surface area contributed by atoms with Crippen molar-refractivity contribution in [1.82, 2.24) is 15.0 Å². The normalized spacial score (nSPS) is 11.8. The summed E-state index contributed by atoms with van der Waals surface area (Å²) in [5, 5.41) is 7.94. The Morgan fingerprint density at radius 1 is 1.03 bits per heavy atom. The highest BCUT2D eigenvalue weighted by Gasteiger charge is 2.12. The second kappa shape index (κ2) is 12.0. The third-order valence-corrected chi connectivity index (χ3v) is 5.97. The van der Waals surface area contributed by atoms with Crippen molar-refractivity contribution in [1.29, 1.82) is 0 Å². The van der Waals surface area contributed by atoms with Crippen LogP contribution in [0.15, 0.2) is 67.0 Å². The van der Waals surface area contributed by atoms with Crippen molar-refractivity contribution < 1.29 is 9.53 Å². The van der Waals surface area contributed by atoms with E-state index >= 15 is 0 Å². The summed E-state index contributed by atoms with van der Waals surface area (Å²) in [5.74, 6) is 0.711. The minimum Gasteiger partial charge on any atom is -0.466 e. The second-order valence-corrected chi connectivity index (χ2v) is 8.56. The van der Waals surface area contributed by atoms with E-state index in [9.17, 15) is 4.79 Å². The van der Waals surface area contributed by atoms with E-state index in [-0.39, 0.29) is 12.0 Å². The van der Waals surface area contributed by atoms with Gasteiger partial charge in [-0.2, -0.15) is 0 Å². The fraction of sp³-hybridized carbons (Fsp3) is 0.321. The molecular weight excluding hydrogens is 438 g/mol. The Morgan fingerprint density at radius 3 is 2.60 bits per heavy atom. The lowest BCUT2D eigenvalue weighted by Crippen LogP contribution is -2.08. The van der Waals surface area contributed by atoms with Gasteiger partial charge in [-0.15, -0.1) is 0 Å². The van der Waals surface area contributed by atoms with Gasteiger partial charge in [-0.1, -0.05) is 48.9 Å². The number of esters is 1. The van der Waals surface area contributed by atoms with Gasteiger partial charge in [-0.3, -0.25) is 4.79 Å². The van der Waals surface area contributed by atoms with Gasteiger partial charge in [-0.25, -0.2) is 9.97 Å². The minimum atomic E-state index is -0.104. The second-order valence-electron chi connectivity index (χ2n) is 8.56. The Bertz CT molecular complexity index is 1220. The summed E-state index contributed by atoms with van der Waals surface area (Å²) in [6.45, 7) is 5.29. The van der Waals surface area contributed by atoms with E-state index in [1.807, 2.05) is 25.1 Å². The topological polar surface area (TPSA) is 91.9 Å². The summed E-state index contributed by atoms with van der Waals surface area (Å²) >= 11 is 0. The largest absolute Gasteiger partial charge is 0.466 e. The molecule has 2 aromatic carbocycles. The van der Waals surface area contributed by atoms with E-state index in [1.54, 1.807) is 6.33 Å². The zero-order valence-electron chi connectivity index (χ0n) is 20.4. The lowest BCUT2D eigenvalue weighted by Gasteiger charge is -2.15. The fourth-order valence-electron chi connectivity index (χ4n) is 4.05. The van der Waals surface area contributed by atoms with Gasteiger partial charge in [0.05, 0.1) is 12.0 Å². The van der Waals surface area contributed by atoms with Crippen LogP contribution in [0.2, 0.25) is 0 Å². The van der Waals surface area contributed by atoms with Gasteiger partial charge in [0.15, 0.2) is 0 Å². The van der Waals surface area contributed by atoms with Crippen molar-refractivity contribution in [2.24, 2.45) is 0 Å². The van der Waals surface area contributed by atoms with Crippen LogP contribution < -0.4 is 10.6 Å². The smallest absolute Gasteiger partial charge is 0.305 e. The molecule has 0 bridgehead atoms. The molecular formula is C28H33N5O2. The monoisotopic (exact) mass is 471 g/mol. The zero-order valence-corrected chi connectivity index (χ0v) is 20.4. The number of H-pyrrole nitrogens is 1. The summed E-state index contributed by atoms with van der Waals surface area (Å²) in [7, 11) is 0. The van der Waals surface area contributed by atoms with Crippen LogP contribution in [0.3, 0.4) is 0 Å². The van der Waals surface area contributed by atoms with E-state index in [0.717, 1.165) is 59.6 Å². The predicted octanol–water partition coefficient (Wildman–Crippen LogP) is 6.33. The number of aromatic amines is 1. The number of nitrogens with one attached hydrogen (secondary N) is 3. The van der Waals surface area contributed by atoms with Crippen LogP contribution in [0.25, 0.3) is 22.3 Å². The summed E-state index contributed by atoms with van der Waals surface area (Å²) < 4.78 is 4.96. The molecule has 1 unspecified atom stereocenters. The number of unbranched alkanes of at least 4 members (excludes halogenated alkanes) is 2. The standard InChI is InChI=1S/C28H33N5O2/c1-3-35-26(34)12-8-5-9-17-29-23-15-13-22(14-16-23)25-18-24-27(30-19-31-28(24)33-25)32-20(2)21-10-6-4-7-11-21/h4,6-7,10-11,13-16,18-20,29H,3,5,8-9,12,17H2,1-2H3,(H2,30,31,32,33). The van der Waals surface area contributed by atoms with Gasteiger partial charge >= 0.3 is 5.97 Å². The molecule has 0 spiro atoms. The third-order valence-electron chi connectivity index (χ3n) is 5.97. The van der Waals surface area contributed by atoms with Crippen LogP contribution in [0.4, 0.5) is 11.5 Å². The molecule has 0 radical (unpaired) electrons. The number of nitrogens with zero attached hydrogens (tertiary/aromatic N) is 2. The molecule has 35 heavy (non-hydrogen) atoms. The highest BCUT2D eigenvalue weighted by molar-refractivity contribution is 5.91. The van der Waals surface area contributed by atoms with Gasteiger partial charge in [-0.05, 0) is 56.0 Å². The summed E-state index contributed by atoms with van der Waals surface area (Å²) in [6.07, 6.45) is 4.96. The minimum absolute atomic E-state index is 0.104. The molecule has 0 aliphatic heterocycles. The number of anilines is 2. The zero-order chi connectivity index (χ0) is 24.5. The van der Waals surface area contributed by atoms with Crippen molar-refractivity contribution >= 4 is 28.5 Å². The van der Waals surface area contributed by atoms with E-state index in [1.165, 1.54) is 5.56 Å². The number of ether oxygens (including phenoxy) is 1. The van der Waals surface area contributed by atoms with Crippen molar-refractivity contribution in [3.63, 3.8) is 0 Å². The Labute approximate surface area is 206 Å². The molecule has 3 N–H and O–H groups in total. The molecule has 7 nitrogen and oxygen atoms in total. The highest BCUT2D eigenvalue weighted by Crippen LogP contribution is 2.29. The fourth-order valence-corrected chi connectivity index (χ4v) is 4.05. The molecule has 4 aromatic rings. The summed E-state index contributed by atoms with van der Waals surface area (Å²) in [6, 6.07) is 20.9. The number of benzene rings is 2. The molecule has 182 valence electrons. The van der Waals surface area contributed by atoms with Crippen molar-refractivity contribution in [3.05, 3.63) is 72.6 Å². The average molecular weight is 472 g/mol.